The second-order valence-electron chi connectivity index (χ2n) is 11.5. The van der Waals surface area contributed by atoms with Gasteiger partial charge in [-0.05, 0) is 54.4 Å². The molecule has 41 heavy (non-hydrogen) atoms. The van der Waals surface area contributed by atoms with Gasteiger partial charge < -0.3 is 15.4 Å². The van der Waals surface area contributed by atoms with E-state index in [1.807, 2.05) is 35.0 Å². The van der Waals surface area contributed by atoms with E-state index in [9.17, 15) is 14.7 Å². The first kappa shape index (κ1) is 25.5. The van der Waals surface area contributed by atoms with Gasteiger partial charge >= 0.3 is 5.97 Å². The summed E-state index contributed by atoms with van der Waals surface area (Å²) < 4.78 is 1.82. The molecule has 0 radical (unpaired) electrons. The van der Waals surface area contributed by atoms with Gasteiger partial charge in [-0.25, -0.2) is 14.3 Å². The van der Waals surface area contributed by atoms with E-state index in [-0.39, 0.29) is 12.0 Å². The molecule has 0 aliphatic heterocycles. The zero-order valence-electron chi connectivity index (χ0n) is 22.8. The van der Waals surface area contributed by atoms with Crippen LogP contribution in [0.2, 0.25) is 0 Å². The van der Waals surface area contributed by atoms with E-state index in [0.29, 0.717) is 17.5 Å². The zero-order valence-corrected chi connectivity index (χ0v) is 22.8. The number of para-hydroxylation sites is 1. The van der Waals surface area contributed by atoms with Crippen molar-refractivity contribution >= 4 is 28.4 Å². The molecule has 0 saturated heterocycles. The first-order valence-corrected chi connectivity index (χ1v) is 14.6. The Morgan fingerprint density at radius 2 is 1.76 bits per heavy atom. The molecular formula is C33H33N5O3. The van der Waals surface area contributed by atoms with E-state index in [0.717, 1.165) is 59.0 Å². The Morgan fingerprint density at radius 3 is 2.51 bits per heavy atom. The average Bonchev–Trinajstić information content (AvgIpc) is 3.64. The highest BCUT2D eigenvalue weighted by molar-refractivity contribution is 6.01. The first-order valence-electron chi connectivity index (χ1n) is 14.6. The molecule has 2 aliphatic rings. The SMILES string of the molecule is O=C(N[C@@H](Cc1c[nH]c2ccccc12)C(=O)O)c1cnn2c(C3CCCCC3)c(-c3ccc(C4CC4)cc3)cnc12. The molecule has 0 spiro atoms. The number of carboxylic acid groups (broad SMARTS) is 1. The number of carbonyl (C=O) groups excluding carboxylic acids is 1. The van der Waals surface area contributed by atoms with Gasteiger partial charge in [0.2, 0.25) is 0 Å². The molecule has 7 rings (SSSR count). The van der Waals surface area contributed by atoms with Crippen LogP contribution < -0.4 is 5.32 Å². The fraction of sp³-hybridized carbons (Fsp3) is 0.333. The number of carbonyl (C=O) groups is 2. The van der Waals surface area contributed by atoms with Gasteiger partial charge in [-0.15, -0.1) is 0 Å². The van der Waals surface area contributed by atoms with E-state index in [1.165, 1.54) is 31.0 Å². The third kappa shape index (κ3) is 4.88. The highest BCUT2D eigenvalue weighted by Gasteiger charge is 2.28. The largest absolute Gasteiger partial charge is 0.480 e. The molecule has 8 nitrogen and oxygen atoms in total. The second kappa shape index (κ2) is 10.5. The molecule has 8 heteroatoms. The summed E-state index contributed by atoms with van der Waals surface area (Å²) in [5, 5.41) is 18.3. The Labute approximate surface area is 237 Å². The van der Waals surface area contributed by atoms with Crippen molar-refractivity contribution in [2.24, 2.45) is 0 Å². The predicted molar refractivity (Wildman–Crippen MR) is 157 cm³/mol. The van der Waals surface area contributed by atoms with Crippen molar-refractivity contribution in [3.8, 4) is 11.1 Å². The third-order valence-corrected chi connectivity index (χ3v) is 8.77. The van der Waals surface area contributed by atoms with Crippen molar-refractivity contribution in [3.63, 3.8) is 0 Å². The van der Waals surface area contributed by atoms with Crippen molar-refractivity contribution in [2.45, 2.75) is 69.2 Å². The lowest BCUT2D eigenvalue weighted by molar-refractivity contribution is -0.139. The van der Waals surface area contributed by atoms with Crippen LogP contribution in [0.3, 0.4) is 0 Å². The van der Waals surface area contributed by atoms with E-state index in [2.05, 4.69) is 39.7 Å². The van der Waals surface area contributed by atoms with Crippen LogP contribution in [-0.2, 0) is 11.2 Å². The normalized spacial score (nSPS) is 16.7. The second-order valence-corrected chi connectivity index (χ2v) is 11.5. The van der Waals surface area contributed by atoms with Crippen LogP contribution in [-0.4, -0.2) is 42.6 Å². The number of amides is 1. The summed E-state index contributed by atoms with van der Waals surface area (Å²) in [5.41, 5.74) is 7.13. The van der Waals surface area contributed by atoms with Crippen LogP contribution in [0.15, 0.2) is 67.1 Å². The number of aromatic nitrogens is 4. The zero-order chi connectivity index (χ0) is 27.9. The highest BCUT2D eigenvalue weighted by Crippen LogP contribution is 2.42. The number of fused-ring (bicyclic) bond motifs is 2. The predicted octanol–water partition coefficient (Wildman–Crippen LogP) is 6.23. The van der Waals surface area contributed by atoms with E-state index in [4.69, 9.17) is 4.98 Å². The minimum absolute atomic E-state index is 0.159. The number of rotatable bonds is 8. The van der Waals surface area contributed by atoms with Crippen molar-refractivity contribution < 1.29 is 14.7 Å². The number of hydrogen-bond acceptors (Lipinski definition) is 4. The van der Waals surface area contributed by atoms with Crippen molar-refractivity contribution in [1.29, 1.82) is 0 Å². The third-order valence-electron chi connectivity index (χ3n) is 8.77. The van der Waals surface area contributed by atoms with E-state index >= 15 is 0 Å². The number of benzene rings is 2. The molecular weight excluding hydrogens is 514 g/mol. The van der Waals surface area contributed by atoms with Crippen LogP contribution in [0.4, 0.5) is 0 Å². The summed E-state index contributed by atoms with van der Waals surface area (Å²) in [6, 6.07) is 15.4. The molecule has 2 fully saturated rings. The molecule has 208 valence electrons. The molecule has 1 atom stereocenters. The van der Waals surface area contributed by atoms with Crippen LogP contribution >= 0.6 is 0 Å². The maximum absolute atomic E-state index is 13.5. The quantitative estimate of drug-likeness (QED) is 0.213. The van der Waals surface area contributed by atoms with Crippen molar-refractivity contribution in [2.75, 3.05) is 0 Å². The number of aromatic amines is 1. The summed E-state index contributed by atoms with van der Waals surface area (Å²) in [4.78, 5) is 33.6. The van der Waals surface area contributed by atoms with Gasteiger partial charge in [0.05, 0.1) is 11.9 Å². The Morgan fingerprint density at radius 1 is 0.976 bits per heavy atom. The van der Waals surface area contributed by atoms with Gasteiger partial charge in [0.1, 0.15) is 11.6 Å². The Hall–Kier alpha value is -4.46. The summed E-state index contributed by atoms with van der Waals surface area (Å²) in [7, 11) is 0. The van der Waals surface area contributed by atoms with Crippen molar-refractivity contribution in [1.82, 2.24) is 24.9 Å². The standard InChI is InChI=1S/C33H33N5O3/c39-32(37-29(33(40)41)16-24-17-34-28-9-5-4-8-25(24)28)27-19-36-38-30(23-6-2-1-3-7-23)26(18-35-31(27)38)22-14-12-21(13-15-22)20-10-11-20/h4-5,8-9,12-15,17-20,23,29,34H,1-3,6-7,10-11,16H2,(H,37,39)(H,40,41)/t29-/m0/s1. The smallest absolute Gasteiger partial charge is 0.326 e. The molecule has 0 unspecified atom stereocenters. The molecule has 3 N–H and O–H groups in total. The molecule has 2 aliphatic carbocycles. The Kier molecular flexibility index (Phi) is 6.53. The topological polar surface area (TPSA) is 112 Å². The minimum atomic E-state index is -1.10. The molecule has 5 aromatic rings. The van der Waals surface area contributed by atoms with Gasteiger partial charge in [0.25, 0.3) is 5.91 Å². The number of carboxylic acids is 1. The summed E-state index contributed by atoms with van der Waals surface area (Å²) in [5.74, 6) is -0.569. The van der Waals surface area contributed by atoms with Gasteiger partial charge in [-0.1, -0.05) is 61.7 Å². The average molecular weight is 548 g/mol. The highest BCUT2D eigenvalue weighted by atomic mass is 16.4. The monoisotopic (exact) mass is 547 g/mol. The van der Waals surface area contributed by atoms with E-state index < -0.39 is 17.9 Å². The number of hydrogen-bond donors (Lipinski definition) is 3. The number of nitrogens with one attached hydrogen (secondary N) is 2. The lowest BCUT2D eigenvalue weighted by atomic mass is 9.84. The number of aliphatic carboxylic acids is 1. The van der Waals surface area contributed by atoms with Crippen molar-refractivity contribution in [3.05, 3.63) is 89.5 Å². The van der Waals surface area contributed by atoms with Crippen LogP contribution in [0, 0.1) is 0 Å². The molecule has 0 bridgehead atoms. The first-order chi connectivity index (χ1) is 20.1. The molecule has 3 heterocycles. The van der Waals surface area contributed by atoms with Crippen LogP contribution in [0.5, 0.6) is 0 Å². The van der Waals surface area contributed by atoms with Gasteiger partial charge in [0, 0.05) is 41.2 Å². The summed E-state index contributed by atoms with van der Waals surface area (Å²) >= 11 is 0. The maximum atomic E-state index is 13.5. The maximum Gasteiger partial charge on any atom is 0.326 e. The Balaban J connectivity index is 1.22. The lowest BCUT2D eigenvalue weighted by Gasteiger charge is -2.25. The molecule has 2 aromatic carbocycles. The molecule has 3 aromatic heterocycles. The lowest BCUT2D eigenvalue weighted by Crippen LogP contribution is -2.42. The van der Waals surface area contributed by atoms with Gasteiger partial charge in [-0.3, -0.25) is 4.79 Å². The molecule has 2 saturated carbocycles. The fourth-order valence-electron chi connectivity index (χ4n) is 6.41. The summed E-state index contributed by atoms with van der Waals surface area (Å²) in [6.07, 6.45) is 13.6. The van der Waals surface area contributed by atoms with Gasteiger partial charge in [-0.2, -0.15) is 5.10 Å². The Bertz CT molecular complexity index is 1740. The van der Waals surface area contributed by atoms with Crippen LogP contribution in [0.25, 0.3) is 27.7 Å². The fourth-order valence-corrected chi connectivity index (χ4v) is 6.41. The van der Waals surface area contributed by atoms with Gasteiger partial charge in [0.15, 0.2) is 5.65 Å². The summed E-state index contributed by atoms with van der Waals surface area (Å²) in [6.45, 7) is 0. The minimum Gasteiger partial charge on any atom is -0.480 e. The van der Waals surface area contributed by atoms with Crippen LogP contribution in [0.1, 0.15) is 84.0 Å². The number of H-pyrrole nitrogens is 1. The van der Waals surface area contributed by atoms with E-state index in [1.54, 1.807) is 6.20 Å². The molecule has 1 amide bonds. The number of nitrogens with zero attached hydrogens (tertiary/aromatic N) is 3.